The van der Waals surface area contributed by atoms with Gasteiger partial charge in [-0.25, -0.2) is 9.78 Å². The van der Waals surface area contributed by atoms with Crippen molar-refractivity contribution in [2.75, 3.05) is 62.6 Å². The normalized spacial score (nSPS) is 17.4. The van der Waals surface area contributed by atoms with Crippen LogP contribution in [-0.4, -0.2) is 78.2 Å². The maximum atomic E-state index is 12.5. The molecular formula is C30H42N6O2. The van der Waals surface area contributed by atoms with Gasteiger partial charge in [-0.1, -0.05) is 26.8 Å². The van der Waals surface area contributed by atoms with Gasteiger partial charge in [0.1, 0.15) is 23.7 Å². The zero-order valence-corrected chi connectivity index (χ0v) is 23.1. The lowest BCUT2D eigenvalue weighted by Gasteiger charge is -2.36. The largest absolute Gasteiger partial charge is 0.492 e. The fourth-order valence-electron chi connectivity index (χ4n) is 5.36. The molecule has 0 saturated carbocycles. The highest BCUT2D eigenvalue weighted by molar-refractivity contribution is 5.90. The molecule has 204 valence electrons. The van der Waals surface area contributed by atoms with Crippen molar-refractivity contribution in [3.63, 3.8) is 0 Å². The van der Waals surface area contributed by atoms with Gasteiger partial charge < -0.3 is 24.8 Å². The van der Waals surface area contributed by atoms with Crippen LogP contribution in [0.15, 0.2) is 42.5 Å². The van der Waals surface area contributed by atoms with E-state index in [0.29, 0.717) is 18.4 Å². The van der Waals surface area contributed by atoms with Crippen molar-refractivity contribution in [3.8, 4) is 5.75 Å². The van der Waals surface area contributed by atoms with Crippen molar-refractivity contribution in [1.82, 2.24) is 19.8 Å². The number of carbonyl (C=O) groups excluding carboxylic acids is 1. The summed E-state index contributed by atoms with van der Waals surface area (Å²) in [6, 6.07) is 14.1. The second kappa shape index (κ2) is 12.1. The van der Waals surface area contributed by atoms with Gasteiger partial charge in [-0.15, -0.1) is 0 Å². The van der Waals surface area contributed by atoms with Crippen molar-refractivity contribution in [2.45, 2.75) is 40.0 Å². The highest BCUT2D eigenvalue weighted by atomic mass is 16.5. The van der Waals surface area contributed by atoms with Gasteiger partial charge in [-0.3, -0.25) is 4.90 Å². The summed E-state index contributed by atoms with van der Waals surface area (Å²) in [5.41, 5.74) is 4.25. The Hall–Kier alpha value is -3.26. The number of para-hydroxylation sites is 1. The number of hydrogen-bond acceptors (Lipinski definition) is 5. The third-order valence-electron chi connectivity index (χ3n) is 7.71. The number of aromatic nitrogens is 2. The maximum absolute atomic E-state index is 12.5. The summed E-state index contributed by atoms with van der Waals surface area (Å²) >= 11 is 0. The van der Waals surface area contributed by atoms with Crippen molar-refractivity contribution < 1.29 is 9.53 Å². The lowest BCUT2D eigenvalue weighted by molar-refractivity contribution is 0.186. The number of amides is 2. The van der Waals surface area contributed by atoms with Gasteiger partial charge in [-0.2, -0.15) is 0 Å². The fourth-order valence-corrected chi connectivity index (χ4v) is 5.36. The van der Waals surface area contributed by atoms with E-state index in [0.717, 1.165) is 93.4 Å². The number of fused-ring (bicyclic) bond motifs is 1. The van der Waals surface area contributed by atoms with Gasteiger partial charge in [0, 0.05) is 57.9 Å². The maximum Gasteiger partial charge on any atom is 0.321 e. The Labute approximate surface area is 226 Å². The number of carbonyl (C=O) groups is 1. The lowest BCUT2D eigenvalue weighted by Crippen LogP contribution is -2.47. The van der Waals surface area contributed by atoms with E-state index in [2.05, 4.69) is 59.1 Å². The number of ether oxygens (including phenoxy) is 1. The number of nitrogens with zero attached hydrogens (tertiary/aromatic N) is 4. The summed E-state index contributed by atoms with van der Waals surface area (Å²) in [7, 11) is 0. The third kappa shape index (κ3) is 6.59. The van der Waals surface area contributed by atoms with Crippen LogP contribution in [0.25, 0.3) is 11.0 Å². The molecule has 0 bridgehead atoms. The first-order chi connectivity index (χ1) is 18.4. The molecule has 5 rings (SSSR count). The lowest BCUT2D eigenvalue weighted by atomic mass is 10.00. The molecular weight excluding hydrogens is 476 g/mol. The highest BCUT2D eigenvalue weighted by Crippen LogP contribution is 2.27. The third-order valence-corrected chi connectivity index (χ3v) is 7.71. The predicted octanol–water partition coefficient (Wildman–Crippen LogP) is 5.23. The van der Waals surface area contributed by atoms with Crippen LogP contribution in [0.5, 0.6) is 5.75 Å². The monoisotopic (exact) mass is 518 g/mol. The second-order valence-electron chi connectivity index (χ2n) is 11.3. The molecule has 2 aliphatic rings. The van der Waals surface area contributed by atoms with Crippen molar-refractivity contribution >= 4 is 28.4 Å². The minimum Gasteiger partial charge on any atom is -0.492 e. The molecule has 1 aromatic heterocycles. The Morgan fingerprint density at radius 3 is 2.50 bits per heavy atom. The summed E-state index contributed by atoms with van der Waals surface area (Å²) in [4.78, 5) is 27.7. The summed E-state index contributed by atoms with van der Waals surface area (Å²) in [6.07, 6.45) is 3.13. The van der Waals surface area contributed by atoms with E-state index in [1.54, 1.807) is 0 Å². The van der Waals surface area contributed by atoms with Crippen molar-refractivity contribution in [1.29, 1.82) is 0 Å². The van der Waals surface area contributed by atoms with Crippen LogP contribution in [0, 0.1) is 11.8 Å². The Morgan fingerprint density at radius 1 is 1.05 bits per heavy atom. The molecule has 2 N–H and O–H groups in total. The van der Waals surface area contributed by atoms with Gasteiger partial charge in [-0.05, 0) is 61.1 Å². The van der Waals surface area contributed by atoms with Crippen LogP contribution in [0.3, 0.4) is 0 Å². The first kappa shape index (κ1) is 26.4. The molecule has 0 spiro atoms. The first-order valence-corrected chi connectivity index (χ1v) is 14.2. The van der Waals surface area contributed by atoms with E-state index in [1.165, 1.54) is 5.69 Å². The highest BCUT2D eigenvalue weighted by Gasteiger charge is 2.21. The Bertz CT molecular complexity index is 1190. The molecule has 2 aliphatic heterocycles. The number of piperazine rings is 1. The van der Waals surface area contributed by atoms with Crippen LogP contribution in [-0.2, 0) is 6.42 Å². The average Bonchev–Trinajstić information content (AvgIpc) is 3.32. The summed E-state index contributed by atoms with van der Waals surface area (Å²) in [5, 5.41) is 3.01. The molecule has 0 unspecified atom stereocenters. The van der Waals surface area contributed by atoms with E-state index in [-0.39, 0.29) is 6.03 Å². The van der Waals surface area contributed by atoms with Crippen LogP contribution >= 0.6 is 0 Å². The second-order valence-corrected chi connectivity index (χ2v) is 11.3. The summed E-state index contributed by atoms with van der Waals surface area (Å²) in [5.74, 6) is 3.19. The van der Waals surface area contributed by atoms with Gasteiger partial charge in [0.25, 0.3) is 0 Å². The predicted molar refractivity (Wildman–Crippen MR) is 154 cm³/mol. The minimum atomic E-state index is -0.00997. The molecule has 8 nitrogen and oxygen atoms in total. The number of anilines is 2. The van der Waals surface area contributed by atoms with Crippen LogP contribution in [0.1, 0.15) is 39.4 Å². The topological polar surface area (TPSA) is 76.7 Å². The fraction of sp³-hybridized carbons (Fsp3) is 0.533. The smallest absolute Gasteiger partial charge is 0.321 e. The number of aromatic amines is 1. The number of rotatable bonds is 8. The summed E-state index contributed by atoms with van der Waals surface area (Å²) in [6.45, 7) is 13.9. The standard InChI is InChI=1S/C30H42N6O2/c1-22(2)21-28-32-26-5-4-6-27(29(26)33-28)35-17-15-34(16-18-35)19-20-38-25-9-7-24(8-10-25)31-30(37)36-13-11-23(3)12-14-36/h4-10,22-23H,11-21H2,1-3H3,(H,31,37)(H,32,33). The molecule has 2 saturated heterocycles. The van der Waals surface area contributed by atoms with Crippen LogP contribution in [0.2, 0.25) is 0 Å². The number of hydrogen-bond donors (Lipinski definition) is 2. The number of benzene rings is 2. The van der Waals surface area contributed by atoms with Gasteiger partial charge in [0.15, 0.2) is 0 Å². The molecule has 8 heteroatoms. The van der Waals surface area contributed by atoms with Gasteiger partial charge >= 0.3 is 6.03 Å². The molecule has 0 atom stereocenters. The Balaban J connectivity index is 1.05. The number of imidazole rings is 1. The number of urea groups is 1. The number of nitrogens with one attached hydrogen (secondary N) is 2. The molecule has 2 aromatic carbocycles. The van der Waals surface area contributed by atoms with Crippen molar-refractivity contribution in [2.24, 2.45) is 11.8 Å². The zero-order chi connectivity index (χ0) is 26.5. The zero-order valence-electron chi connectivity index (χ0n) is 23.1. The van der Waals surface area contributed by atoms with E-state index in [1.807, 2.05) is 29.2 Å². The van der Waals surface area contributed by atoms with Gasteiger partial charge in [0.2, 0.25) is 0 Å². The molecule has 0 radical (unpaired) electrons. The van der Waals surface area contributed by atoms with E-state index < -0.39 is 0 Å². The Morgan fingerprint density at radius 2 is 1.79 bits per heavy atom. The SMILES string of the molecule is CC(C)Cc1nc2c(N3CCN(CCOc4ccc(NC(=O)N5CCC(C)CC5)cc4)CC3)cccc2[nH]1. The van der Waals surface area contributed by atoms with E-state index in [4.69, 9.17) is 9.72 Å². The number of likely N-dealkylation sites (tertiary alicyclic amines) is 1. The van der Waals surface area contributed by atoms with Crippen LogP contribution in [0.4, 0.5) is 16.2 Å². The molecule has 3 aromatic rings. The minimum absolute atomic E-state index is 0.00997. The number of H-pyrrole nitrogens is 1. The molecule has 38 heavy (non-hydrogen) atoms. The molecule has 3 heterocycles. The first-order valence-electron chi connectivity index (χ1n) is 14.2. The average molecular weight is 519 g/mol. The molecule has 0 aliphatic carbocycles. The molecule has 2 fully saturated rings. The van der Waals surface area contributed by atoms with Crippen molar-refractivity contribution in [3.05, 3.63) is 48.3 Å². The van der Waals surface area contributed by atoms with Crippen LogP contribution < -0.4 is 15.0 Å². The molecule has 2 amide bonds. The number of piperidine rings is 1. The van der Waals surface area contributed by atoms with Gasteiger partial charge in [0.05, 0.1) is 11.2 Å². The summed E-state index contributed by atoms with van der Waals surface area (Å²) < 4.78 is 6.01. The Kier molecular flexibility index (Phi) is 8.37. The quantitative estimate of drug-likeness (QED) is 0.427. The van der Waals surface area contributed by atoms with E-state index >= 15 is 0 Å². The van der Waals surface area contributed by atoms with E-state index in [9.17, 15) is 4.79 Å².